The van der Waals surface area contributed by atoms with Crippen LogP contribution in [-0.4, -0.2) is 94.5 Å². The fourth-order valence-corrected chi connectivity index (χ4v) is 6.37. The first kappa shape index (κ1) is 36.8. The summed E-state index contributed by atoms with van der Waals surface area (Å²) in [6.07, 6.45) is 0.994. The Morgan fingerprint density at radius 1 is 1.00 bits per heavy atom. The molecule has 3 aromatic rings. The lowest BCUT2D eigenvalue weighted by molar-refractivity contribution is -0.384. The number of aliphatic hydroxyl groups is 1. The summed E-state index contributed by atoms with van der Waals surface area (Å²) in [4.78, 5) is 35.5. The van der Waals surface area contributed by atoms with Crippen LogP contribution < -0.4 is 15.4 Å². The standard InChI is InChI=1S/C33H38N4O11S/c1-45-28-11-13-29(14-12-28)49(43,44)36(17-19-38)18-20-47-31-22-25(23-3-5-24(6-4-23)33(40)46-2)21-30(48-31)32(39)35-16-15-34-26-7-9-27(10-8-26)37(41)42/h3-14,21,25,31,34,38H,15-20,22H2,1-2H3,(H,35,39)/t25-,31+/m1/s1. The zero-order valence-corrected chi connectivity index (χ0v) is 27.8. The Morgan fingerprint density at radius 3 is 2.31 bits per heavy atom. The molecule has 0 radical (unpaired) electrons. The third-order valence-corrected chi connectivity index (χ3v) is 9.46. The Bertz CT molecular complexity index is 1710. The number of rotatable bonds is 17. The molecular weight excluding hydrogens is 660 g/mol. The fraction of sp³-hybridized carbons (Fsp3) is 0.333. The second-order valence-electron chi connectivity index (χ2n) is 10.7. The number of aliphatic hydroxyl groups excluding tert-OH is 1. The molecule has 0 saturated carbocycles. The molecule has 1 heterocycles. The smallest absolute Gasteiger partial charge is 0.337 e. The van der Waals surface area contributed by atoms with E-state index in [0.717, 1.165) is 9.87 Å². The SMILES string of the molecule is COC(=O)c1ccc([C@@H]2C=C(C(=O)NCCNc3ccc([N+](=O)[O-])cc3)O[C@H](OCCN(CCO)S(=O)(=O)c3ccc(OC)cc3)C2)cc1. The number of esters is 1. The number of non-ortho nitro benzene ring substituents is 1. The number of hydrogen-bond donors (Lipinski definition) is 3. The summed E-state index contributed by atoms with van der Waals surface area (Å²) in [5, 5.41) is 26.3. The third-order valence-electron chi connectivity index (χ3n) is 7.55. The van der Waals surface area contributed by atoms with Crippen LogP contribution in [-0.2, 0) is 29.0 Å². The van der Waals surface area contributed by atoms with E-state index in [1.54, 1.807) is 42.5 Å². The number of nitro benzene ring substituents is 1. The summed E-state index contributed by atoms with van der Waals surface area (Å²) in [7, 11) is -1.21. The average Bonchev–Trinajstić information content (AvgIpc) is 3.12. The first-order valence-corrected chi connectivity index (χ1v) is 16.7. The van der Waals surface area contributed by atoms with Gasteiger partial charge < -0.3 is 34.7 Å². The molecule has 0 spiro atoms. The van der Waals surface area contributed by atoms with Gasteiger partial charge in [0.1, 0.15) is 5.75 Å². The molecule has 0 fully saturated rings. The van der Waals surface area contributed by atoms with E-state index in [-0.39, 0.29) is 54.9 Å². The maximum absolute atomic E-state index is 13.3. The second-order valence-corrected chi connectivity index (χ2v) is 12.6. The van der Waals surface area contributed by atoms with Crippen LogP contribution in [0.3, 0.4) is 0 Å². The number of carbonyl (C=O) groups excluding carboxylic acids is 2. The quantitative estimate of drug-likeness (QED) is 0.0808. The number of nitrogens with zero attached hydrogens (tertiary/aromatic N) is 2. The van der Waals surface area contributed by atoms with E-state index in [4.69, 9.17) is 18.9 Å². The lowest BCUT2D eigenvalue weighted by Gasteiger charge is -2.30. The van der Waals surface area contributed by atoms with Gasteiger partial charge in [0.15, 0.2) is 5.76 Å². The molecule has 4 rings (SSSR count). The molecule has 15 nitrogen and oxygen atoms in total. The Balaban J connectivity index is 1.42. The van der Waals surface area contributed by atoms with Crippen molar-refractivity contribution >= 4 is 33.3 Å². The molecule has 0 unspecified atom stereocenters. The van der Waals surface area contributed by atoms with Gasteiger partial charge in [0, 0.05) is 56.3 Å². The van der Waals surface area contributed by atoms with Crippen LogP contribution in [0, 0.1) is 10.1 Å². The van der Waals surface area contributed by atoms with Crippen LogP contribution in [0.4, 0.5) is 11.4 Å². The number of allylic oxidation sites excluding steroid dienone is 1. The number of nitrogens with one attached hydrogen (secondary N) is 2. The number of sulfonamides is 1. The van der Waals surface area contributed by atoms with Gasteiger partial charge in [0.25, 0.3) is 11.6 Å². The second kappa shape index (κ2) is 17.4. The van der Waals surface area contributed by atoms with E-state index in [1.165, 1.54) is 50.6 Å². The Labute approximate surface area is 283 Å². The highest BCUT2D eigenvalue weighted by Crippen LogP contribution is 2.32. The summed E-state index contributed by atoms with van der Waals surface area (Å²) < 4.78 is 49.4. The molecule has 2 atom stereocenters. The lowest BCUT2D eigenvalue weighted by atomic mass is 9.92. The largest absolute Gasteiger partial charge is 0.497 e. The van der Waals surface area contributed by atoms with Gasteiger partial charge >= 0.3 is 5.97 Å². The molecule has 3 aromatic carbocycles. The number of methoxy groups -OCH3 is 2. The van der Waals surface area contributed by atoms with Crippen molar-refractivity contribution < 1.29 is 47.0 Å². The van der Waals surface area contributed by atoms with Gasteiger partial charge in [-0.15, -0.1) is 0 Å². The molecule has 262 valence electrons. The molecule has 16 heteroatoms. The fourth-order valence-electron chi connectivity index (χ4n) is 4.95. The zero-order valence-electron chi connectivity index (χ0n) is 26.9. The number of ether oxygens (including phenoxy) is 4. The van der Waals surface area contributed by atoms with E-state index in [1.807, 2.05) is 0 Å². The van der Waals surface area contributed by atoms with Gasteiger partial charge in [-0.05, 0) is 60.2 Å². The minimum atomic E-state index is -3.97. The Morgan fingerprint density at radius 2 is 1.69 bits per heavy atom. The number of amides is 1. The molecule has 1 amide bonds. The molecule has 1 aliphatic heterocycles. The molecule has 1 aliphatic rings. The zero-order chi connectivity index (χ0) is 35.4. The van der Waals surface area contributed by atoms with Crippen molar-refractivity contribution in [2.45, 2.75) is 23.5 Å². The maximum atomic E-state index is 13.3. The highest BCUT2D eigenvalue weighted by atomic mass is 32.2. The van der Waals surface area contributed by atoms with Gasteiger partial charge in [0.2, 0.25) is 16.3 Å². The third kappa shape index (κ3) is 9.99. The molecule has 3 N–H and O–H groups in total. The van der Waals surface area contributed by atoms with Crippen LogP contribution in [0.25, 0.3) is 0 Å². The Hall–Kier alpha value is -5.03. The predicted molar refractivity (Wildman–Crippen MR) is 177 cm³/mol. The van der Waals surface area contributed by atoms with E-state index in [0.29, 0.717) is 23.5 Å². The lowest BCUT2D eigenvalue weighted by Crippen LogP contribution is -2.38. The number of carbonyl (C=O) groups is 2. The molecule has 0 bridgehead atoms. The predicted octanol–water partition coefficient (Wildman–Crippen LogP) is 3.03. The van der Waals surface area contributed by atoms with Crippen LogP contribution in [0.1, 0.15) is 28.3 Å². The molecular formula is C33H38N4O11S. The topological polar surface area (TPSA) is 196 Å². The number of benzene rings is 3. The van der Waals surface area contributed by atoms with E-state index in [2.05, 4.69) is 10.6 Å². The van der Waals surface area contributed by atoms with Crippen LogP contribution in [0.15, 0.2) is 89.5 Å². The molecule has 0 saturated heterocycles. The summed E-state index contributed by atoms with van der Waals surface area (Å²) >= 11 is 0. The number of nitro groups is 1. The van der Waals surface area contributed by atoms with Gasteiger partial charge in [-0.3, -0.25) is 14.9 Å². The van der Waals surface area contributed by atoms with E-state index < -0.39 is 39.7 Å². The highest BCUT2D eigenvalue weighted by Gasteiger charge is 2.30. The summed E-state index contributed by atoms with van der Waals surface area (Å²) in [5.74, 6) is -0.880. The minimum absolute atomic E-state index is 0.00769. The monoisotopic (exact) mass is 698 g/mol. The van der Waals surface area contributed by atoms with Gasteiger partial charge in [0.05, 0.1) is 42.8 Å². The van der Waals surface area contributed by atoms with Gasteiger partial charge in [-0.1, -0.05) is 12.1 Å². The van der Waals surface area contributed by atoms with Gasteiger partial charge in [-0.25, -0.2) is 13.2 Å². The van der Waals surface area contributed by atoms with Crippen LogP contribution in [0.2, 0.25) is 0 Å². The molecule has 0 aromatic heterocycles. The number of anilines is 1. The normalized spacial score (nSPS) is 15.9. The summed E-state index contributed by atoms with van der Waals surface area (Å²) in [5.41, 5.74) is 1.74. The van der Waals surface area contributed by atoms with Crippen molar-refractivity contribution in [3.63, 3.8) is 0 Å². The first-order valence-electron chi connectivity index (χ1n) is 15.3. The first-order chi connectivity index (χ1) is 23.5. The molecule has 49 heavy (non-hydrogen) atoms. The van der Waals surface area contributed by atoms with Gasteiger partial charge in [-0.2, -0.15) is 4.31 Å². The van der Waals surface area contributed by atoms with E-state index in [9.17, 15) is 33.2 Å². The maximum Gasteiger partial charge on any atom is 0.337 e. The summed E-state index contributed by atoms with van der Waals surface area (Å²) in [6.45, 7) is -0.279. The van der Waals surface area contributed by atoms with Crippen LogP contribution in [0.5, 0.6) is 5.75 Å². The number of hydrogen-bond acceptors (Lipinski definition) is 12. The van der Waals surface area contributed by atoms with Crippen molar-refractivity contribution in [3.8, 4) is 5.75 Å². The van der Waals surface area contributed by atoms with Crippen molar-refractivity contribution in [3.05, 3.63) is 106 Å². The highest BCUT2D eigenvalue weighted by molar-refractivity contribution is 7.89. The van der Waals surface area contributed by atoms with Crippen molar-refractivity contribution in [2.24, 2.45) is 0 Å². The minimum Gasteiger partial charge on any atom is -0.497 e. The Kier molecular flexibility index (Phi) is 13.1. The van der Waals surface area contributed by atoms with E-state index >= 15 is 0 Å². The van der Waals surface area contributed by atoms with Crippen molar-refractivity contribution in [1.82, 2.24) is 9.62 Å². The average molecular weight is 699 g/mol. The van der Waals surface area contributed by atoms with Crippen molar-refractivity contribution in [2.75, 3.05) is 58.9 Å². The van der Waals surface area contributed by atoms with Crippen molar-refractivity contribution in [1.29, 1.82) is 0 Å². The summed E-state index contributed by atoms with van der Waals surface area (Å²) in [6, 6.07) is 18.5. The van der Waals surface area contributed by atoms with Crippen LogP contribution >= 0.6 is 0 Å². The molecule has 0 aliphatic carbocycles.